The molecule has 0 amide bonds. The number of aliphatic hydroxyl groups excluding tert-OH is 1. The molecule has 4 aliphatic carbocycles. The van der Waals surface area contributed by atoms with Crippen LogP contribution in [-0.4, -0.2) is 39.5 Å². The zero-order valence-corrected chi connectivity index (χ0v) is 25.4. The number of hydrogen-bond donors (Lipinski definition) is 1. The molecule has 2 aromatic rings. The molecular formula is C35H34FNO6S. The number of benzene rings is 2. The quantitative estimate of drug-likeness (QED) is 0.301. The predicted octanol–water partition coefficient (Wildman–Crippen LogP) is 6.23. The first-order valence-electron chi connectivity index (χ1n) is 14.9. The number of nitrogens with zero attached hydrogens (tertiary/aromatic N) is 1. The molecule has 0 radical (unpaired) electrons. The summed E-state index contributed by atoms with van der Waals surface area (Å²) in [6, 6.07) is 17.3. The van der Waals surface area contributed by atoms with Crippen LogP contribution >= 0.6 is 11.8 Å². The number of aliphatic hydroxyl groups is 1. The number of rotatable bonds is 6. The molecule has 6 rings (SSSR count). The lowest BCUT2D eigenvalue weighted by molar-refractivity contribution is -0.197. The lowest BCUT2D eigenvalue weighted by Gasteiger charge is -2.63. The van der Waals surface area contributed by atoms with E-state index in [2.05, 4.69) is 0 Å². The van der Waals surface area contributed by atoms with Gasteiger partial charge in [0, 0.05) is 11.3 Å². The van der Waals surface area contributed by atoms with Crippen molar-refractivity contribution in [3.8, 4) is 11.8 Å². The van der Waals surface area contributed by atoms with Crippen molar-refractivity contribution < 1.29 is 33.7 Å². The molecule has 0 heterocycles. The molecule has 7 nitrogen and oxygen atoms in total. The molecule has 44 heavy (non-hydrogen) atoms. The van der Waals surface area contributed by atoms with Crippen LogP contribution in [0.1, 0.15) is 61.9 Å². The van der Waals surface area contributed by atoms with Gasteiger partial charge in [-0.2, -0.15) is 5.26 Å². The Hall–Kier alpha value is -3.74. The molecule has 0 aliphatic heterocycles. The normalized spacial score (nSPS) is 35.4. The maximum Gasteiger partial charge on any atom is 0.386 e. The zero-order valence-electron chi connectivity index (χ0n) is 24.6. The van der Waals surface area contributed by atoms with Gasteiger partial charge < -0.3 is 5.11 Å². The monoisotopic (exact) mass is 615 g/mol. The number of nitriles is 1. The van der Waals surface area contributed by atoms with Crippen LogP contribution in [0.5, 0.6) is 5.75 Å². The minimum absolute atomic E-state index is 0.0436. The Bertz CT molecular complexity index is 1620. The van der Waals surface area contributed by atoms with Crippen molar-refractivity contribution in [1.29, 1.82) is 5.26 Å². The maximum absolute atomic E-state index is 17.7. The highest BCUT2D eigenvalue weighted by Crippen LogP contribution is 2.72. The number of halogens is 1. The first kappa shape index (κ1) is 30.3. The van der Waals surface area contributed by atoms with Crippen molar-refractivity contribution in [3.63, 3.8) is 0 Å². The Morgan fingerprint density at radius 1 is 1.09 bits per heavy atom. The van der Waals surface area contributed by atoms with Crippen molar-refractivity contribution in [2.75, 3.05) is 5.75 Å². The van der Waals surface area contributed by atoms with Crippen LogP contribution < -0.4 is 4.89 Å². The van der Waals surface area contributed by atoms with Gasteiger partial charge >= 0.3 is 5.97 Å². The summed E-state index contributed by atoms with van der Waals surface area (Å²) >= 11 is 0.883. The average molecular weight is 616 g/mol. The number of thioether (sulfide) groups is 1. The van der Waals surface area contributed by atoms with Gasteiger partial charge in [0.2, 0.25) is 5.12 Å². The number of carbonyl (C=O) groups excluding carboxylic acids is 3. The summed E-state index contributed by atoms with van der Waals surface area (Å²) in [4.78, 5) is 50.7. The highest BCUT2D eigenvalue weighted by molar-refractivity contribution is 8.14. The van der Waals surface area contributed by atoms with Gasteiger partial charge in [-0.25, -0.2) is 14.1 Å². The lowest BCUT2D eigenvalue weighted by Crippen LogP contribution is -2.68. The number of hydrogen-bond acceptors (Lipinski definition) is 8. The van der Waals surface area contributed by atoms with Gasteiger partial charge in [-0.1, -0.05) is 66.7 Å². The molecular weight excluding hydrogens is 581 g/mol. The van der Waals surface area contributed by atoms with Crippen molar-refractivity contribution >= 4 is 28.6 Å². The van der Waals surface area contributed by atoms with E-state index in [4.69, 9.17) is 9.78 Å². The van der Waals surface area contributed by atoms with Crippen molar-refractivity contribution in [2.45, 2.75) is 63.1 Å². The van der Waals surface area contributed by atoms with Crippen LogP contribution in [0.15, 0.2) is 78.4 Å². The van der Waals surface area contributed by atoms with Crippen LogP contribution in [-0.2, 0) is 19.9 Å². The summed E-state index contributed by atoms with van der Waals surface area (Å²) in [5.74, 6) is -1.66. The van der Waals surface area contributed by atoms with Crippen molar-refractivity contribution in [2.24, 2.45) is 22.7 Å². The third-order valence-corrected chi connectivity index (χ3v) is 11.9. The fourth-order valence-electron chi connectivity index (χ4n) is 8.99. The van der Waals surface area contributed by atoms with Crippen molar-refractivity contribution in [3.05, 3.63) is 89.5 Å². The van der Waals surface area contributed by atoms with E-state index in [0.29, 0.717) is 42.6 Å². The maximum atomic E-state index is 17.7. The van der Waals surface area contributed by atoms with Gasteiger partial charge in [-0.3, -0.25) is 14.5 Å². The van der Waals surface area contributed by atoms with Crippen molar-refractivity contribution in [1.82, 2.24) is 0 Å². The third kappa shape index (κ3) is 4.21. The second kappa shape index (κ2) is 11.0. The van der Waals surface area contributed by atoms with E-state index in [1.807, 2.05) is 13.0 Å². The summed E-state index contributed by atoms with van der Waals surface area (Å²) in [6.07, 6.45) is 4.71. The molecule has 2 aromatic carbocycles. The second-order valence-corrected chi connectivity index (χ2v) is 13.7. The largest absolute Gasteiger partial charge is 0.390 e. The molecule has 0 bridgehead atoms. The van der Waals surface area contributed by atoms with Crippen LogP contribution in [0.4, 0.5) is 4.39 Å². The summed E-state index contributed by atoms with van der Waals surface area (Å²) < 4.78 is 17.7. The summed E-state index contributed by atoms with van der Waals surface area (Å²) in [6.45, 7) is 3.68. The predicted molar refractivity (Wildman–Crippen MR) is 162 cm³/mol. The topological polar surface area (TPSA) is 114 Å². The van der Waals surface area contributed by atoms with E-state index in [-0.39, 0.29) is 34.6 Å². The third-order valence-electron chi connectivity index (χ3n) is 11.0. The Balaban J connectivity index is 1.44. The Labute approximate surface area is 260 Å². The molecule has 7 atom stereocenters. The Morgan fingerprint density at radius 2 is 1.82 bits per heavy atom. The van der Waals surface area contributed by atoms with E-state index in [0.717, 1.165) is 11.8 Å². The molecule has 0 aromatic heterocycles. The summed E-state index contributed by atoms with van der Waals surface area (Å²) in [5.41, 5.74) is -4.26. The standard InChI is InChI=1S/C35H34FNO6S/c1-32-16-14-23(38)20-22(32)12-13-28-27-15-17-34(31(41)44-19-18-37,33(27,2)21-29(39)35(28,32)36)26-11-7-6-10-25(26)30(40)43-42-24-8-4-3-5-9-24/h3-11,14,16,20,27-29,39H,12-13,15,17,19,21H2,1-2H3/t27?,28?,29-,32-,33-,34-,35?/m0/s1. The summed E-state index contributed by atoms with van der Waals surface area (Å²) in [7, 11) is 0. The fraction of sp³-hybridized carbons (Fsp3) is 0.429. The van der Waals surface area contributed by atoms with Crippen LogP contribution in [0, 0.1) is 34.0 Å². The van der Waals surface area contributed by atoms with Gasteiger partial charge in [0.15, 0.2) is 17.2 Å². The van der Waals surface area contributed by atoms with Gasteiger partial charge in [0.1, 0.15) is 0 Å². The van der Waals surface area contributed by atoms with E-state index in [1.54, 1.807) is 67.6 Å². The first-order chi connectivity index (χ1) is 21.0. The number of fused-ring (bicyclic) bond motifs is 5. The number of carbonyl (C=O) groups is 3. The molecule has 0 saturated heterocycles. The van der Waals surface area contributed by atoms with Crippen LogP contribution in [0.3, 0.4) is 0 Å². The van der Waals surface area contributed by atoms with Crippen LogP contribution in [0.2, 0.25) is 0 Å². The van der Waals surface area contributed by atoms with E-state index >= 15 is 4.39 Å². The molecule has 3 unspecified atom stereocenters. The SMILES string of the molecule is C[C@]12C=CC(=O)C=C1CCC1C3CC[C@@](C(=O)SCC#N)(c4ccccc4C(=O)OOc4ccccc4)[C@@]3(C)C[C@H](O)C12F. The molecule has 228 valence electrons. The molecule has 3 fully saturated rings. The number of allylic oxidation sites excluding steroid dienone is 4. The van der Waals surface area contributed by atoms with Gasteiger partial charge in [0.05, 0.1) is 28.9 Å². The second-order valence-electron chi connectivity index (χ2n) is 12.8. The van der Waals surface area contributed by atoms with Gasteiger partial charge in [-0.15, -0.1) is 0 Å². The number of ketones is 1. The molecule has 1 N–H and O–H groups in total. The average Bonchev–Trinajstić information content (AvgIpc) is 3.33. The highest BCUT2D eigenvalue weighted by atomic mass is 32.2. The molecule has 4 aliphatic rings. The van der Waals surface area contributed by atoms with E-state index in [9.17, 15) is 24.8 Å². The fourth-order valence-corrected chi connectivity index (χ4v) is 9.87. The number of alkyl halides is 1. The minimum Gasteiger partial charge on any atom is -0.390 e. The van der Waals surface area contributed by atoms with Gasteiger partial charge in [-0.05, 0) is 86.3 Å². The molecule has 0 spiro atoms. The number of para-hydroxylation sites is 1. The smallest absolute Gasteiger partial charge is 0.386 e. The Morgan fingerprint density at radius 3 is 2.57 bits per heavy atom. The highest BCUT2D eigenvalue weighted by Gasteiger charge is 2.74. The van der Waals surface area contributed by atoms with E-state index < -0.39 is 39.9 Å². The van der Waals surface area contributed by atoms with E-state index in [1.165, 1.54) is 12.2 Å². The molecule has 3 saturated carbocycles. The molecule has 9 heteroatoms. The zero-order chi connectivity index (χ0) is 31.3. The lowest BCUT2D eigenvalue weighted by atomic mass is 9.43. The first-order valence-corrected chi connectivity index (χ1v) is 15.9. The van der Waals surface area contributed by atoms with Crippen LogP contribution in [0.25, 0.3) is 0 Å². The Kier molecular flexibility index (Phi) is 7.58. The van der Waals surface area contributed by atoms with Gasteiger partial charge in [0.25, 0.3) is 0 Å². The summed E-state index contributed by atoms with van der Waals surface area (Å²) in [5, 5.41) is 21.0. The minimum atomic E-state index is -2.06.